The second-order valence-electron chi connectivity index (χ2n) is 4.54. The number of nitrogens with zero attached hydrogens (tertiary/aromatic N) is 2. The fourth-order valence-electron chi connectivity index (χ4n) is 2.37. The van der Waals surface area contributed by atoms with Crippen molar-refractivity contribution in [2.45, 2.75) is 12.5 Å². The summed E-state index contributed by atoms with van der Waals surface area (Å²) >= 11 is 0. The van der Waals surface area contributed by atoms with Crippen molar-refractivity contribution in [1.82, 2.24) is 10.2 Å². The summed E-state index contributed by atoms with van der Waals surface area (Å²) in [4.78, 5) is 2.09. The maximum absolute atomic E-state index is 9.94. The average molecular weight is 263 g/mol. The van der Waals surface area contributed by atoms with E-state index in [-0.39, 0.29) is 24.0 Å². The Morgan fingerprint density at radius 1 is 1.21 bits per heavy atom. The van der Waals surface area contributed by atoms with Crippen LogP contribution >= 0.6 is 0 Å². The van der Waals surface area contributed by atoms with Crippen molar-refractivity contribution in [3.8, 4) is 23.3 Å². The first kappa shape index (κ1) is 13.5. The van der Waals surface area contributed by atoms with Crippen LogP contribution in [0.1, 0.15) is 18.0 Å². The normalized spacial score (nSPS) is 17.8. The summed E-state index contributed by atoms with van der Waals surface area (Å²) in [5.41, 5.74) is 0.471. The minimum Gasteiger partial charge on any atom is -0.504 e. The van der Waals surface area contributed by atoms with Crippen LogP contribution in [0.5, 0.6) is 17.2 Å². The molecular weight excluding hydrogens is 246 g/mol. The van der Waals surface area contributed by atoms with Crippen LogP contribution in [-0.2, 0) is 0 Å². The zero-order valence-corrected chi connectivity index (χ0v) is 10.5. The Hall–Kier alpha value is -1.97. The first-order chi connectivity index (χ1) is 9.15. The molecule has 0 spiro atoms. The molecule has 0 radical (unpaired) electrons. The molecule has 1 heterocycles. The van der Waals surface area contributed by atoms with E-state index in [1.54, 1.807) is 6.07 Å². The van der Waals surface area contributed by atoms with Crippen LogP contribution in [0.4, 0.5) is 0 Å². The number of hydrogen-bond acceptors (Lipinski definition) is 6. The largest absolute Gasteiger partial charge is 0.504 e. The van der Waals surface area contributed by atoms with E-state index in [1.807, 2.05) is 0 Å². The second kappa shape index (κ2) is 5.78. The van der Waals surface area contributed by atoms with Gasteiger partial charge >= 0.3 is 0 Å². The van der Waals surface area contributed by atoms with Gasteiger partial charge in [-0.3, -0.25) is 4.90 Å². The van der Waals surface area contributed by atoms with E-state index in [2.05, 4.69) is 16.3 Å². The van der Waals surface area contributed by atoms with Gasteiger partial charge in [-0.15, -0.1) is 0 Å². The lowest BCUT2D eigenvalue weighted by molar-refractivity contribution is 0.172. The summed E-state index contributed by atoms with van der Waals surface area (Å²) < 4.78 is 0. The molecule has 0 bridgehead atoms. The minimum atomic E-state index is -0.532. The van der Waals surface area contributed by atoms with Crippen molar-refractivity contribution in [3.63, 3.8) is 0 Å². The fraction of sp³-hybridized carbons (Fsp3) is 0.462. The fourth-order valence-corrected chi connectivity index (χ4v) is 2.37. The van der Waals surface area contributed by atoms with Crippen molar-refractivity contribution in [2.24, 2.45) is 0 Å². The van der Waals surface area contributed by atoms with E-state index < -0.39 is 5.75 Å². The van der Waals surface area contributed by atoms with Crippen LogP contribution in [0.25, 0.3) is 0 Å². The van der Waals surface area contributed by atoms with Crippen molar-refractivity contribution < 1.29 is 15.3 Å². The van der Waals surface area contributed by atoms with Gasteiger partial charge in [0.1, 0.15) is 0 Å². The quantitative estimate of drug-likeness (QED) is 0.598. The predicted molar refractivity (Wildman–Crippen MR) is 68.9 cm³/mol. The van der Waals surface area contributed by atoms with E-state index in [1.165, 1.54) is 6.07 Å². The van der Waals surface area contributed by atoms with Gasteiger partial charge in [0.15, 0.2) is 11.5 Å². The van der Waals surface area contributed by atoms with Gasteiger partial charge in [0.05, 0.1) is 18.5 Å². The van der Waals surface area contributed by atoms with Crippen LogP contribution in [0.15, 0.2) is 12.1 Å². The topological polar surface area (TPSA) is 99.8 Å². The molecule has 0 unspecified atom stereocenters. The molecule has 0 aliphatic carbocycles. The number of benzene rings is 1. The Morgan fingerprint density at radius 3 is 2.53 bits per heavy atom. The van der Waals surface area contributed by atoms with Crippen molar-refractivity contribution >= 4 is 0 Å². The number of nitrogens with one attached hydrogen (secondary N) is 1. The van der Waals surface area contributed by atoms with Crippen molar-refractivity contribution in [3.05, 3.63) is 17.7 Å². The molecular formula is C13H17N3O3. The summed E-state index contributed by atoms with van der Waals surface area (Å²) in [6, 6.07) is 4.71. The highest BCUT2D eigenvalue weighted by Crippen LogP contribution is 2.42. The summed E-state index contributed by atoms with van der Waals surface area (Å²) in [6.07, 6.45) is 0.220. The Bertz CT molecular complexity index is 493. The van der Waals surface area contributed by atoms with Gasteiger partial charge in [-0.25, -0.2) is 0 Å². The molecule has 1 aromatic rings. The molecule has 0 amide bonds. The van der Waals surface area contributed by atoms with Gasteiger partial charge in [-0.2, -0.15) is 5.26 Å². The van der Waals surface area contributed by atoms with Crippen LogP contribution in [-0.4, -0.2) is 46.4 Å². The Kier molecular flexibility index (Phi) is 4.10. The van der Waals surface area contributed by atoms with E-state index in [9.17, 15) is 15.3 Å². The molecule has 6 nitrogen and oxygen atoms in total. The van der Waals surface area contributed by atoms with Gasteiger partial charge in [0, 0.05) is 31.7 Å². The van der Waals surface area contributed by atoms with Crippen LogP contribution < -0.4 is 5.32 Å². The Labute approximate surface area is 111 Å². The number of nitriles is 1. The highest BCUT2D eigenvalue weighted by atomic mass is 16.3. The third-order valence-corrected chi connectivity index (χ3v) is 3.40. The minimum absolute atomic E-state index is 0.220. The number of hydrogen-bond donors (Lipinski definition) is 4. The SMILES string of the molecule is N#CC[C@@H](c1ccc(O)c(O)c1O)N1CCNCC1. The van der Waals surface area contributed by atoms with Gasteiger partial charge in [0.25, 0.3) is 0 Å². The Balaban J connectivity index is 2.33. The molecule has 0 aromatic heterocycles. The number of rotatable bonds is 3. The lowest BCUT2D eigenvalue weighted by Crippen LogP contribution is -2.45. The first-order valence-electron chi connectivity index (χ1n) is 6.20. The summed E-state index contributed by atoms with van der Waals surface area (Å²) in [6.45, 7) is 3.19. The smallest absolute Gasteiger partial charge is 0.200 e. The van der Waals surface area contributed by atoms with Gasteiger partial charge in [-0.1, -0.05) is 0 Å². The Morgan fingerprint density at radius 2 is 1.89 bits per heavy atom. The zero-order valence-electron chi connectivity index (χ0n) is 10.5. The molecule has 1 aliphatic heterocycles. The van der Waals surface area contributed by atoms with E-state index in [0.29, 0.717) is 5.56 Å². The molecule has 0 saturated carbocycles. The molecule has 1 fully saturated rings. The van der Waals surface area contributed by atoms with Crippen molar-refractivity contribution in [2.75, 3.05) is 26.2 Å². The highest BCUT2D eigenvalue weighted by molar-refractivity contribution is 5.54. The molecule has 2 rings (SSSR count). The number of aromatic hydroxyl groups is 3. The number of piperazine rings is 1. The molecule has 6 heteroatoms. The third-order valence-electron chi connectivity index (χ3n) is 3.40. The maximum atomic E-state index is 9.94. The molecule has 102 valence electrons. The molecule has 1 saturated heterocycles. The molecule has 1 atom stereocenters. The van der Waals surface area contributed by atoms with E-state index in [0.717, 1.165) is 26.2 Å². The molecule has 1 aliphatic rings. The maximum Gasteiger partial charge on any atom is 0.200 e. The highest BCUT2D eigenvalue weighted by Gasteiger charge is 2.26. The number of phenolic OH excluding ortho intramolecular Hbond substituents is 3. The average Bonchev–Trinajstić information content (AvgIpc) is 2.44. The monoisotopic (exact) mass is 263 g/mol. The summed E-state index contributed by atoms with van der Waals surface area (Å²) in [5.74, 6) is -1.24. The summed E-state index contributed by atoms with van der Waals surface area (Å²) in [5, 5.41) is 41.1. The first-order valence-corrected chi connectivity index (χ1v) is 6.20. The van der Waals surface area contributed by atoms with Gasteiger partial charge < -0.3 is 20.6 Å². The zero-order chi connectivity index (χ0) is 13.8. The predicted octanol–water partition coefficient (Wildman–Crippen LogP) is 0.663. The lowest BCUT2D eigenvalue weighted by Gasteiger charge is -2.34. The van der Waals surface area contributed by atoms with Crippen LogP contribution in [0.3, 0.4) is 0 Å². The number of phenols is 3. The molecule has 4 N–H and O–H groups in total. The molecule has 1 aromatic carbocycles. The lowest BCUT2D eigenvalue weighted by atomic mass is 10.00. The summed E-state index contributed by atoms with van der Waals surface area (Å²) in [7, 11) is 0. The third kappa shape index (κ3) is 2.72. The van der Waals surface area contributed by atoms with Crippen LogP contribution in [0, 0.1) is 11.3 Å². The standard InChI is InChI=1S/C13H17N3O3/c14-4-3-10(16-7-5-15-6-8-16)9-1-2-11(17)13(19)12(9)18/h1-2,10,15,17-19H,3,5-8H2/t10-/m0/s1. The van der Waals surface area contributed by atoms with Gasteiger partial charge in [-0.05, 0) is 12.1 Å². The van der Waals surface area contributed by atoms with Gasteiger partial charge in [0.2, 0.25) is 5.75 Å². The van der Waals surface area contributed by atoms with E-state index in [4.69, 9.17) is 5.26 Å². The van der Waals surface area contributed by atoms with E-state index >= 15 is 0 Å². The molecule has 19 heavy (non-hydrogen) atoms. The van der Waals surface area contributed by atoms with Crippen LogP contribution in [0.2, 0.25) is 0 Å². The van der Waals surface area contributed by atoms with Crippen molar-refractivity contribution in [1.29, 1.82) is 5.26 Å². The second-order valence-corrected chi connectivity index (χ2v) is 4.54.